The van der Waals surface area contributed by atoms with Gasteiger partial charge in [-0.05, 0) is 13.0 Å². The highest BCUT2D eigenvalue weighted by molar-refractivity contribution is 7.98. The summed E-state index contributed by atoms with van der Waals surface area (Å²) in [5.41, 5.74) is 1.20. The Morgan fingerprint density at radius 2 is 2.31 bits per heavy atom. The van der Waals surface area contributed by atoms with Crippen LogP contribution in [0, 0.1) is 0 Å². The van der Waals surface area contributed by atoms with E-state index < -0.39 is 0 Å². The summed E-state index contributed by atoms with van der Waals surface area (Å²) in [6.45, 7) is 2.95. The van der Waals surface area contributed by atoms with Gasteiger partial charge < -0.3 is 10.3 Å². The first-order valence-electron chi connectivity index (χ1n) is 5.20. The Kier molecular flexibility index (Phi) is 3.82. The molecule has 0 aliphatic carbocycles. The van der Waals surface area contributed by atoms with Gasteiger partial charge >= 0.3 is 0 Å². The molecule has 0 radical (unpaired) electrons. The van der Waals surface area contributed by atoms with E-state index >= 15 is 0 Å². The third-order valence-corrected chi connectivity index (χ3v) is 3.03. The number of thioether (sulfide) groups is 1. The third kappa shape index (κ3) is 2.76. The highest BCUT2D eigenvalue weighted by Gasteiger charge is 2.03. The lowest BCUT2D eigenvalue weighted by molar-refractivity contribution is 1.05. The normalized spacial score (nSPS) is 10.3. The zero-order valence-electron chi connectivity index (χ0n) is 9.10. The minimum Gasteiger partial charge on any atom is -0.370 e. The second-order valence-corrected chi connectivity index (χ2v) is 4.19. The van der Waals surface area contributed by atoms with Crippen LogP contribution in [0.5, 0.6) is 0 Å². The van der Waals surface area contributed by atoms with Crippen molar-refractivity contribution in [1.29, 1.82) is 0 Å². The van der Waals surface area contributed by atoms with E-state index in [-0.39, 0.29) is 0 Å². The van der Waals surface area contributed by atoms with Crippen LogP contribution in [-0.2, 0) is 5.75 Å². The maximum Gasteiger partial charge on any atom is 0.165 e. The Hall–Kier alpha value is -1.49. The van der Waals surface area contributed by atoms with E-state index in [4.69, 9.17) is 0 Å². The fourth-order valence-corrected chi connectivity index (χ4v) is 2.17. The van der Waals surface area contributed by atoms with Crippen molar-refractivity contribution in [2.75, 3.05) is 11.9 Å². The molecular weight excluding hydrogens is 220 g/mol. The molecule has 2 N–H and O–H groups in total. The van der Waals surface area contributed by atoms with Crippen LogP contribution in [0.1, 0.15) is 12.5 Å². The molecule has 0 bridgehead atoms. The largest absolute Gasteiger partial charge is 0.370 e. The highest BCUT2D eigenvalue weighted by atomic mass is 32.2. The molecule has 0 saturated heterocycles. The van der Waals surface area contributed by atoms with E-state index in [1.807, 2.05) is 12.3 Å². The summed E-state index contributed by atoms with van der Waals surface area (Å²) in [4.78, 5) is 11.6. The fourth-order valence-electron chi connectivity index (χ4n) is 1.36. The van der Waals surface area contributed by atoms with Crippen molar-refractivity contribution in [2.24, 2.45) is 0 Å². The van der Waals surface area contributed by atoms with E-state index in [2.05, 4.69) is 33.3 Å². The number of pyridine rings is 1. The number of H-pyrrole nitrogens is 1. The van der Waals surface area contributed by atoms with Gasteiger partial charge in [-0.1, -0.05) is 17.8 Å². The average molecular weight is 234 g/mol. The molecule has 0 aromatic carbocycles. The van der Waals surface area contributed by atoms with Crippen LogP contribution in [0.15, 0.2) is 35.9 Å². The summed E-state index contributed by atoms with van der Waals surface area (Å²) in [7, 11) is 0. The second-order valence-electron chi connectivity index (χ2n) is 3.22. The number of rotatable bonds is 5. The lowest BCUT2D eigenvalue weighted by Crippen LogP contribution is -2.02. The summed E-state index contributed by atoms with van der Waals surface area (Å²) in [6, 6.07) is 4.04. The van der Waals surface area contributed by atoms with Gasteiger partial charge in [-0.2, -0.15) is 0 Å². The van der Waals surface area contributed by atoms with Gasteiger partial charge in [0.15, 0.2) is 5.16 Å². The predicted molar refractivity (Wildman–Crippen MR) is 66.5 cm³/mol. The van der Waals surface area contributed by atoms with Crippen molar-refractivity contribution in [3.8, 4) is 0 Å². The zero-order chi connectivity index (χ0) is 11.2. The molecule has 5 heteroatoms. The summed E-state index contributed by atoms with van der Waals surface area (Å²) in [5, 5.41) is 4.19. The Balaban J connectivity index is 2.03. The molecular formula is C11H14N4S. The van der Waals surface area contributed by atoms with Crippen LogP contribution in [-0.4, -0.2) is 21.5 Å². The topological polar surface area (TPSA) is 53.6 Å². The molecule has 0 atom stereocenters. The number of nitrogens with one attached hydrogen (secondary N) is 2. The molecule has 0 unspecified atom stereocenters. The average Bonchev–Trinajstić information content (AvgIpc) is 2.81. The van der Waals surface area contributed by atoms with Gasteiger partial charge in [-0.3, -0.25) is 0 Å². The van der Waals surface area contributed by atoms with Gasteiger partial charge in [0.05, 0.1) is 0 Å². The van der Waals surface area contributed by atoms with E-state index in [1.54, 1.807) is 24.2 Å². The molecule has 0 fully saturated rings. The van der Waals surface area contributed by atoms with E-state index in [0.29, 0.717) is 0 Å². The smallest absolute Gasteiger partial charge is 0.165 e. The lowest BCUT2D eigenvalue weighted by atomic mass is 10.3. The van der Waals surface area contributed by atoms with Crippen LogP contribution < -0.4 is 5.32 Å². The number of aromatic nitrogens is 3. The van der Waals surface area contributed by atoms with Crippen molar-refractivity contribution < 1.29 is 0 Å². The quantitative estimate of drug-likeness (QED) is 0.781. The molecule has 2 heterocycles. The van der Waals surface area contributed by atoms with Gasteiger partial charge in [0.1, 0.15) is 5.82 Å². The minimum atomic E-state index is 0.865. The molecule has 16 heavy (non-hydrogen) atoms. The van der Waals surface area contributed by atoms with Gasteiger partial charge in [-0.25, -0.2) is 9.97 Å². The molecule has 2 rings (SSSR count). The van der Waals surface area contributed by atoms with E-state index in [1.165, 1.54) is 5.56 Å². The summed E-state index contributed by atoms with van der Waals surface area (Å²) in [6.07, 6.45) is 5.40. The summed E-state index contributed by atoms with van der Waals surface area (Å²) < 4.78 is 0. The molecule has 2 aromatic rings. The van der Waals surface area contributed by atoms with E-state index in [0.717, 1.165) is 23.3 Å². The van der Waals surface area contributed by atoms with Gasteiger partial charge in [0.25, 0.3) is 0 Å². The summed E-state index contributed by atoms with van der Waals surface area (Å²) >= 11 is 1.67. The van der Waals surface area contributed by atoms with Crippen LogP contribution >= 0.6 is 11.8 Å². The van der Waals surface area contributed by atoms with Crippen molar-refractivity contribution in [2.45, 2.75) is 17.8 Å². The first kappa shape index (κ1) is 11.0. The Labute approximate surface area is 98.9 Å². The molecule has 4 nitrogen and oxygen atoms in total. The number of imidazole rings is 1. The number of nitrogens with zero attached hydrogens (tertiary/aromatic N) is 2. The van der Waals surface area contributed by atoms with Crippen LogP contribution in [0.3, 0.4) is 0 Å². The van der Waals surface area contributed by atoms with Crippen molar-refractivity contribution in [3.63, 3.8) is 0 Å². The van der Waals surface area contributed by atoms with Gasteiger partial charge in [0, 0.05) is 36.5 Å². The molecule has 2 aromatic heterocycles. The van der Waals surface area contributed by atoms with Crippen molar-refractivity contribution in [1.82, 2.24) is 15.0 Å². The molecule has 0 saturated carbocycles. The highest BCUT2D eigenvalue weighted by Crippen LogP contribution is 2.22. The predicted octanol–water partition coefficient (Wildman–Crippen LogP) is 2.53. The fraction of sp³-hybridized carbons (Fsp3) is 0.273. The van der Waals surface area contributed by atoms with Gasteiger partial charge in [-0.15, -0.1) is 0 Å². The third-order valence-electron chi connectivity index (χ3n) is 2.07. The lowest BCUT2D eigenvalue weighted by Gasteiger charge is -2.07. The number of hydrogen-bond acceptors (Lipinski definition) is 4. The molecule has 0 aliphatic rings. The van der Waals surface area contributed by atoms with E-state index in [9.17, 15) is 0 Å². The van der Waals surface area contributed by atoms with Crippen LogP contribution in [0.4, 0.5) is 5.82 Å². The Bertz CT molecular complexity index is 427. The van der Waals surface area contributed by atoms with Crippen LogP contribution in [0.2, 0.25) is 0 Å². The van der Waals surface area contributed by atoms with Crippen LogP contribution in [0.25, 0.3) is 0 Å². The Morgan fingerprint density at radius 3 is 3.06 bits per heavy atom. The maximum absolute atomic E-state index is 4.31. The molecule has 0 spiro atoms. The molecule has 84 valence electrons. The van der Waals surface area contributed by atoms with Gasteiger partial charge in [0.2, 0.25) is 0 Å². The SMILES string of the molecule is CCNc1ncccc1CSc1ncc[nH]1. The minimum absolute atomic E-state index is 0.865. The number of aromatic amines is 1. The monoisotopic (exact) mass is 234 g/mol. The van der Waals surface area contributed by atoms with Crippen molar-refractivity contribution >= 4 is 17.6 Å². The standard InChI is InChI=1S/C11H14N4S/c1-2-12-10-9(4-3-5-13-10)8-16-11-14-6-7-15-11/h3-7H,2,8H2,1H3,(H,12,13)(H,14,15). The molecule has 0 aliphatic heterocycles. The maximum atomic E-state index is 4.31. The number of hydrogen-bond donors (Lipinski definition) is 2. The summed E-state index contributed by atoms with van der Waals surface area (Å²) in [5.74, 6) is 1.83. The Morgan fingerprint density at radius 1 is 1.38 bits per heavy atom. The second kappa shape index (κ2) is 5.55. The first-order valence-corrected chi connectivity index (χ1v) is 6.18. The van der Waals surface area contributed by atoms with Crippen molar-refractivity contribution in [3.05, 3.63) is 36.3 Å². The zero-order valence-corrected chi connectivity index (χ0v) is 9.92. The first-order chi connectivity index (χ1) is 7.90. The number of anilines is 1. The molecule has 0 amide bonds.